The molecule has 0 saturated carbocycles. The highest BCUT2D eigenvalue weighted by Gasteiger charge is 2.25. The van der Waals surface area contributed by atoms with Gasteiger partial charge in [-0.25, -0.2) is 19.9 Å². The van der Waals surface area contributed by atoms with Crippen molar-refractivity contribution in [2.75, 3.05) is 44.3 Å². The lowest BCUT2D eigenvalue weighted by molar-refractivity contribution is 0.0704. The summed E-state index contributed by atoms with van der Waals surface area (Å²) in [6.07, 6.45) is 8.91. The predicted octanol–water partition coefficient (Wildman–Crippen LogP) is 1.54. The fraction of sp³-hybridized carbons (Fsp3) is 0.450. The minimum absolute atomic E-state index is 0.00588. The van der Waals surface area contributed by atoms with Gasteiger partial charge in [0, 0.05) is 64.0 Å². The van der Waals surface area contributed by atoms with Crippen LogP contribution in [0, 0.1) is 0 Å². The Morgan fingerprint density at radius 3 is 2.52 bits per heavy atom. The van der Waals surface area contributed by atoms with Crippen LogP contribution in [0.1, 0.15) is 29.2 Å². The largest absolute Gasteiger partial charge is 0.381 e. The Morgan fingerprint density at radius 1 is 1.00 bits per heavy atom. The van der Waals surface area contributed by atoms with Gasteiger partial charge in [-0.2, -0.15) is 0 Å². The molecule has 0 unspecified atom stereocenters. The van der Waals surface area contributed by atoms with Crippen LogP contribution in [0.2, 0.25) is 0 Å². The number of pyridine rings is 1. The summed E-state index contributed by atoms with van der Waals surface area (Å²) in [5.41, 5.74) is 2.18. The van der Waals surface area contributed by atoms with Crippen molar-refractivity contribution in [3.05, 3.63) is 42.6 Å². The average molecular weight is 393 g/mol. The van der Waals surface area contributed by atoms with Crippen molar-refractivity contribution >= 4 is 23.0 Å². The number of hydrogen-bond acceptors (Lipinski definition) is 7. The number of imidazole rings is 1. The monoisotopic (exact) mass is 393 g/mol. The van der Waals surface area contributed by atoms with E-state index in [9.17, 15) is 4.79 Å². The van der Waals surface area contributed by atoms with Crippen LogP contribution in [0.5, 0.6) is 0 Å². The smallest absolute Gasteiger partial charge is 0.255 e. The molecule has 0 bridgehead atoms. The van der Waals surface area contributed by atoms with Gasteiger partial charge in [0.15, 0.2) is 5.65 Å². The number of carbonyl (C=O) groups excluding carboxylic acids is 1. The standard InChI is InChI=1S/C20H23N7O2/c28-19(25-6-8-26(9-7-25)20-21-4-1-5-22-20)15-12-17-18(23-13-15)27(14-24-17)16-2-10-29-11-3-16/h1,4-5,12-14,16H,2-3,6-11H2. The maximum absolute atomic E-state index is 13.0. The van der Waals surface area contributed by atoms with Crippen LogP contribution in [0.4, 0.5) is 5.95 Å². The van der Waals surface area contributed by atoms with Gasteiger partial charge >= 0.3 is 0 Å². The average Bonchev–Trinajstić information content (AvgIpc) is 3.23. The van der Waals surface area contributed by atoms with E-state index in [0.29, 0.717) is 43.7 Å². The Hall–Kier alpha value is -3.07. The molecule has 2 aliphatic heterocycles. The summed E-state index contributed by atoms with van der Waals surface area (Å²) in [6, 6.07) is 4.01. The molecule has 0 aromatic carbocycles. The number of amides is 1. The third-order valence-corrected chi connectivity index (χ3v) is 5.65. The van der Waals surface area contributed by atoms with Crippen LogP contribution in [0.15, 0.2) is 37.1 Å². The van der Waals surface area contributed by atoms with Gasteiger partial charge in [-0.1, -0.05) is 0 Å². The molecule has 5 heterocycles. The second kappa shape index (κ2) is 7.75. The topological polar surface area (TPSA) is 89.3 Å². The summed E-state index contributed by atoms with van der Waals surface area (Å²) >= 11 is 0. The van der Waals surface area contributed by atoms with Crippen molar-refractivity contribution in [2.24, 2.45) is 0 Å². The van der Waals surface area contributed by atoms with Gasteiger partial charge < -0.3 is 19.1 Å². The molecule has 3 aromatic rings. The lowest BCUT2D eigenvalue weighted by atomic mass is 10.1. The molecule has 0 atom stereocenters. The number of hydrogen-bond donors (Lipinski definition) is 0. The number of rotatable bonds is 3. The molecule has 9 heteroatoms. The molecule has 0 aliphatic carbocycles. The van der Waals surface area contributed by atoms with Crippen molar-refractivity contribution in [3.63, 3.8) is 0 Å². The van der Waals surface area contributed by atoms with Crippen LogP contribution < -0.4 is 4.90 Å². The number of piperazine rings is 1. The van der Waals surface area contributed by atoms with Crippen molar-refractivity contribution in [2.45, 2.75) is 18.9 Å². The van der Waals surface area contributed by atoms with Gasteiger partial charge in [0.05, 0.1) is 11.9 Å². The maximum atomic E-state index is 13.0. The lowest BCUT2D eigenvalue weighted by Gasteiger charge is -2.34. The van der Waals surface area contributed by atoms with E-state index in [1.807, 2.05) is 17.3 Å². The third-order valence-electron chi connectivity index (χ3n) is 5.65. The van der Waals surface area contributed by atoms with Gasteiger partial charge in [-0.05, 0) is 25.0 Å². The van der Waals surface area contributed by atoms with Crippen LogP contribution in [0.3, 0.4) is 0 Å². The normalized spacial score (nSPS) is 18.3. The van der Waals surface area contributed by atoms with Gasteiger partial charge in [-0.3, -0.25) is 4.79 Å². The summed E-state index contributed by atoms with van der Waals surface area (Å²) in [7, 11) is 0. The van der Waals surface area contributed by atoms with Crippen LogP contribution >= 0.6 is 0 Å². The molecule has 9 nitrogen and oxygen atoms in total. The highest BCUT2D eigenvalue weighted by Crippen LogP contribution is 2.25. The highest BCUT2D eigenvalue weighted by molar-refractivity contribution is 5.96. The Kier molecular flexibility index (Phi) is 4.81. The van der Waals surface area contributed by atoms with Gasteiger partial charge in [0.25, 0.3) is 5.91 Å². The Labute approximate surface area is 168 Å². The van der Waals surface area contributed by atoms with Crippen molar-refractivity contribution in [1.82, 2.24) is 29.4 Å². The first kappa shape index (κ1) is 18.0. The van der Waals surface area contributed by atoms with E-state index in [1.54, 1.807) is 24.7 Å². The number of carbonyl (C=O) groups is 1. The highest BCUT2D eigenvalue weighted by atomic mass is 16.5. The fourth-order valence-electron chi connectivity index (χ4n) is 4.01. The van der Waals surface area contributed by atoms with E-state index >= 15 is 0 Å². The molecule has 150 valence electrons. The molecule has 0 N–H and O–H groups in total. The zero-order valence-electron chi connectivity index (χ0n) is 16.1. The summed E-state index contributed by atoms with van der Waals surface area (Å²) in [6.45, 7) is 4.21. The van der Waals surface area contributed by atoms with Crippen LogP contribution in [-0.2, 0) is 4.74 Å². The van der Waals surface area contributed by atoms with E-state index < -0.39 is 0 Å². The molecule has 3 aromatic heterocycles. The van der Waals surface area contributed by atoms with E-state index in [0.717, 1.165) is 37.2 Å². The van der Waals surface area contributed by atoms with Gasteiger partial charge in [0.2, 0.25) is 5.95 Å². The third kappa shape index (κ3) is 3.53. The number of ether oxygens (including phenoxy) is 1. The number of aromatic nitrogens is 5. The molecular formula is C20H23N7O2. The lowest BCUT2D eigenvalue weighted by Crippen LogP contribution is -2.49. The predicted molar refractivity (Wildman–Crippen MR) is 107 cm³/mol. The number of fused-ring (bicyclic) bond motifs is 1. The minimum atomic E-state index is -0.00588. The molecule has 2 aliphatic rings. The van der Waals surface area contributed by atoms with Gasteiger partial charge in [-0.15, -0.1) is 0 Å². The fourth-order valence-corrected chi connectivity index (χ4v) is 4.01. The SMILES string of the molecule is O=C(c1cnc2c(c1)ncn2C1CCOCC1)N1CCN(c2ncccn2)CC1. The molecule has 2 fully saturated rings. The van der Waals surface area contributed by atoms with Crippen molar-refractivity contribution in [3.8, 4) is 0 Å². The molecule has 29 heavy (non-hydrogen) atoms. The second-order valence-corrected chi connectivity index (χ2v) is 7.39. The Bertz CT molecular complexity index is 992. The van der Waals surface area contributed by atoms with Gasteiger partial charge in [0.1, 0.15) is 5.52 Å². The van der Waals surface area contributed by atoms with E-state index in [1.165, 1.54) is 0 Å². The zero-order chi connectivity index (χ0) is 19.6. The molecule has 1 amide bonds. The first-order valence-corrected chi connectivity index (χ1v) is 10.0. The quantitative estimate of drug-likeness (QED) is 0.667. The molecule has 0 spiro atoms. The molecule has 0 radical (unpaired) electrons. The first-order chi connectivity index (χ1) is 14.3. The molecular weight excluding hydrogens is 370 g/mol. The summed E-state index contributed by atoms with van der Waals surface area (Å²) < 4.78 is 7.56. The van der Waals surface area contributed by atoms with Crippen molar-refractivity contribution in [1.29, 1.82) is 0 Å². The second-order valence-electron chi connectivity index (χ2n) is 7.39. The van der Waals surface area contributed by atoms with E-state index in [2.05, 4.69) is 29.4 Å². The summed E-state index contributed by atoms with van der Waals surface area (Å²) in [5.74, 6) is 0.704. The Balaban J connectivity index is 1.29. The minimum Gasteiger partial charge on any atom is -0.381 e. The summed E-state index contributed by atoms with van der Waals surface area (Å²) in [5, 5.41) is 0. The zero-order valence-corrected chi connectivity index (χ0v) is 16.1. The number of nitrogens with zero attached hydrogens (tertiary/aromatic N) is 7. The Morgan fingerprint density at radius 2 is 1.76 bits per heavy atom. The molecule has 2 saturated heterocycles. The maximum Gasteiger partial charge on any atom is 0.255 e. The van der Waals surface area contributed by atoms with Crippen molar-refractivity contribution < 1.29 is 9.53 Å². The summed E-state index contributed by atoms with van der Waals surface area (Å²) in [4.78, 5) is 34.6. The first-order valence-electron chi connectivity index (χ1n) is 10.0. The van der Waals surface area contributed by atoms with E-state index in [4.69, 9.17) is 4.74 Å². The van der Waals surface area contributed by atoms with E-state index in [-0.39, 0.29) is 5.91 Å². The molecule has 5 rings (SSSR count). The van der Waals surface area contributed by atoms with Crippen LogP contribution in [0.25, 0.3) is 11.2 Å². The number of anilines is 1. The van der Waals surface area contributed by atoms with Crippen LogP contribution in [-0.4, -0.2) is 74.7 Å².